The lowest BCUT2D eigenvalue weighted by Crippen LogP contribution is -2.16. The topological polar surface area (TPSA) is 113 Å². The zero-order chi connectivity index (χ0) is 15.9. The molecule has 3 aromatic rings. The third-order valence-electron chi connectivity index (χ3n) is 3.41. The van der Waals surface area contributed by atoms with Crippen LogP contribution in [0.25, 0.3) is 16.8 Å². The summed E-state index contributed by atoms with van der Waals surface area (Å²) in [4.78, 5) is 7.98. The summed E-state index contributed by atoms with van der Waals surface area (Å²) in [5, 5.41) is 23.5. The molecule has 22 heavy (non-hydrogen) atoms. The monoisotopic (exact) mass is 294 g/mol. The van der Waals surface area contributed by atoms with Crippen LogP contribution in [0.3, 0.4) is 0 Å². The molecular weight excluding hydrogens is 280 g/mol. The molecule has 0 aliphatic rings. The lowest BCUT2D eigenvalue weighted by molar-refractivity contribution is 0.0780. The molecule has 0 aliphatic heterocycles. The summed E-state index contributed by atoms with van der Waals surface area (Å²) in [7, 11) is 0. The van der Waals surface area contributed by atoms with Gasteiger partial charge in [-0.15, -0.1) is 0 Å². The maximum atomic E-state index is 10.1. The van der Waals surface area contributed by atoms with E-state index in [2.05, 4.69) is 21.1 Å². The first-order valence-electron chi connectivity index (χ1n) is 6.63. The van der Waals surface area contributed by atoms with Gasteiger partial charge >= 0.3 is 0 Å². The normalized spacial score (nSPS) is 11.5. The molecule has 0 saturated carbocycles. The highest BCUT2D eigenvalue weighted by Crippen LogP contribution is 2.28. The van der Waals surface area contributed by atoms with E-state index >= 15 is 0 Å². The fraction of sp³-hybridized carbons (Fsp3) is 0.200. The molecule has 7 heteroatoms. The smallest absolute Gasteiger partial charge is 0.220 e. The minimum absolute atomic E-state index is 0.0986. The number of nitriles is 1. The molecule has 0 unspecified atom stereocenters. The second-order valence-corrected chi connectivity index (χ2v) is 5.47. The molecule has 0 aliphatic carbocycles. The maximum absolute atomic E-state index is 10.1. The van der Waals surface area contributed by atoms with Gasteiger partial charge in [0.2, 0.25) is 5.95 Å². The summed E-state index contributed by atoms with van der Waals surface area (Å²) in [6.07, 6.45) is 4.76. The van der Waals surface area contributed by atoms with Crippen LogP contribution in [0.2, 0.25) is 0 Å². The van der Waals surface area contributed by atoms with Crippen LogP contribution in [-0.4, -0.2) is 24.7 Å². The number of aromatic nitrogens is 4. The van der Waals surface area contributed by atoms with Crippen molar-refractivity contribution in [2.45, 2.75) is 19.4 Å². The summed E-state index contributed by atoms with van der Waals surface area (Å²) in [5.41, 5.74) is 7.62. The minimum Gasteiger partial charge on any atom is -0.386 e. The van der Waals surface area contributed by atoms with Gasteiger partial charge < -0.3 is 10.8 Å². The number of nitrogen functional groups attached to an aromatic ring is 1. The third kappa shape index (κ3) is 2.25. The number of hydrogen-bond donors (Lipinski definition) is 2. The molecule has 0 radical (unpaired) electrons. The van der Waals surface area contributed by atoms with Gasteiger partial charge in [0.25, 0.3) is 0 Å². The number of nitrogens with two attached hydrogens (primary N) is 1. The number of pyridine rings is 1. The highest BCUT2D eigenvalue weighted by atomic mass is 16.3. The highest BCUT2D eigenvalue weighted by Gasteiger charge is 2.19. The molecule has 3 heterocycles. The van der Waals surface area contributed by atoms with Gasteiger partial charge in [0.15, 0.2) is 0 Å². The van der Waals surface area contributed by atoms with Crippen molar-refractivity contribution in [3.8, 4) is 17.3 Å². The molecule has 110 valence electrons. The Hall–Kier alpha value is -2.98. The number of fused-ring (bicyclic) bond motifs is 1. The van der Waals surface area contributed by atoms with E-state index in [1.165, 1.54) is 6.20 Å². The second kappa shape index (κ2) is 4.79. The van der Waals surface area contributed by atoms with Crippen molar-refractivity contribution in [3.63, 3.8) is 0 Å². The standard InChI is InChI=1S/C15H14N6O/c1-15(2,22)10-3-4-12-11(7-19-21(12)8-10)13-9(5-16)6-18-14(17)20-13/h3-4,6-8,22H,1-2H3,(H2,17,18,20). The van der Waals surface area contributed by atoms with E-state index in [0.29, 0.717) is 16.8 Å². The molecule has 0 aromatic carbocycles. The lowest BCUT2D eigenvalue weighted by Gasteiger charge is -2.17. The Labute approximate surface area is 126 Å². The van der Waals surface area contributed by atoms with Gasteiger partial charge in [0.1, 0.15) is 6.07 Å². The fourth-order valence-electron chi connectivity index (χ4n) is 2.21. The van der Waals surface area contributed by atoms with E-state index in [-0.39, 0.29) is 5.95 Å². The summed E-state index contributed by atoms with van der Waals surface area (Å²) in [5.74, 6) is 0.0986. The van der Waals surface area contributed by atoms with Crippen LogP contribution >= 0.6 is 0 Å². The Morgan fingerprint density at radius 3 is 2.77 bits per heavy atom. The Morgan fingerprint density at radius 1 is 1.32 bits per heavy atom. The van der Waals surface area contributed by atoms with Gasteiger partial charge in [-0.2, -0.15) is 10.4 Å². The fourth-order valence-corrected chi connectivity index (χ4v) is 2.21. The first-order chi connectivity index (χ1) is 10.4. The van der Waals surface area contributed by atoms with Gasteiger partial charge in [-0.05, 0) is 19.9 Å². The molecule has 0 atom stereocenters. The molecule has 0 fully saturated rings. The number of anilines is 1. The van der Waals surface area contributed by atoms with Gasteiger partial charge in [-0.3, -0.25) is 0 Å². The summed E-state index contributed by atoms with van der Waals surface area (Å²) in [6, 6.07) is 5.70. The van der Waals surface area contributed by atoms with Crippen LogP contribution in [0.5, 0.6) is 0 Å². The number of hydrogen-bond acceptors (Lipinski definition) is 6. The largest absolute Gasteiger partial charge is 0.386 e. The molecule has 0 spiro atoms. The van der Waals surface area contributed by atoms with Crippen LogP contribution in [0.15, 0.2) is 30.7 Å². The summed E-state index contributed by atoms with van der Waals surface area (Å²) >= 11 is 0. The first kappa shape index (κ1) is 14.0. The van der Waals surface area contributed by atoms with Crippen molar-refractivity contribution in [3.05, 3.63) is 41.9 Å². The van der Waals surface area contributed by atoms with E-state index < -0.39 is 5.60 Å². The summed E-state index contributed by atoms with van der Waals surface area (Å²) in [6.45, 7) is 3.41. The van der Waals surface area contributed by atoms with Crippen LogP contribution in [0.4, 0.5) is 5.95 Å². The van der Waals surface area contributed by atoms with E-state index in [9.17, 15) is 10.4 Å². The van der Waals surface area contributed by atoms with Gasteiger partial charge in [-0.1, -0.05) is 6.07 Å². The van der Waals surface area contributed by atoms with Crippen LogP contribution < -0.4 is 5.73 Å². The van der Waals surface area contributed by atoms with Crippen molar-refractivity contribution in [1.29, 1.82) is 5.26 Å². The Balaban J connectivity index is 2.22. The molecule has 7 nitrogen and oxygen atoms in total. The number of aliphatic hydroxyl groups is 1. The number of nitrogens with zero attached hydrogens (tertiary/aromatic N) is 5. The average molecular weight is 294 g/mol. The lowest BCUT2D eigenvalue weighted by atomic mass is 10.00. The van der Waals surface area contributed by atoms with E-state index in [0.717, 1.165) is 11.1 Å². The van der Waals surface area contributed by atoms with Crippen molar-refractivity contribution >= 4 is 11.5 Å². The molecule has 0 bridgehead atoms. The van der Waals surface area contributed by atoms with Crippen molar-refractivity contribution < 1.29 is 5.11 Å². The van der Waals surface area contributed by atoms with Crippen LogP contribution in [0.1, 0.15) is 25.0 Å². The Kier molecular flexibility index (Phi) is 3.04. The van der Waals surface area contributed by atoms with E-state index in [1.807, 2.05) is 12.1 Å². The molecule has 3 N–H and O–H groups in total. The van der Waals surface area contributed by atoms with Crippen LogP contribution in [0, 0.1) is 11.3 Å². The molecule has 0 amide bonds. The Morgan fingerprint density at radius 2 is 2.09 bits per heavy atom. The zero-order valence-corrected chi connectivity index (χ0v) is 12.1. The van der Waals surface area contributed by atoms with Gasteiger partial charge in [0, 0.05) is 17.3 Å². The van der Waals surface area contributed by atoms with Crippen molar-refractivity contribution in [2.75, 3.05) is 5.73 Å². The molecule has 3 rings (SSSR count). The molecular formula is C15H14N6O. The first-order valence-corrected chi connectivity index (χ1v) is 6.63. The average Bonchev–Trinajstić information content (AvgIpc) is 2.89. The number of rotatable bonds is 2. The van der Waals surface area contributed by atoms with Gasteiger partial charge in [0.05, 0.1) is 34.8 Å². The predicted molar refractivity (Wildman–Crippen MR) is 80.6 cm³/mol. The Bertz CT molecular complexity index is 901. The van der Waals surface area contributed by atoms with Crippen LogP contribution in [-0.2, 0) is 5.60 Å². The second-order valence-electron chi connectivity index (χ2n) is 5.47. The van der Waals surface area contributed by atoms with Crippen molar-refractivity contribution in [2.24, 2.45) is 0 Å². The third-order valence-corrected chi connectivity index (χ3v) is 3.41. The van der Waals surface area contributed by atoms with E-state index in [1.54, 1.807) is 30.8 Å². The minimum atomic E-state index is -0.961. The molecule has 3 aromatic heterocycles. The SMILES string of the molecule is CC(C)(O)c1ccc2c(-c3nc(N)ncc3C#N)cnn2c1. The zero-order valence-electron chi connectivity index (χ0n) is 12.1. The summed E-state index contributed by atoms with van der Waals surface area (Å²) < 4.78 is 1.64. The molecule has 0 saturated heterocycles. The van der Waals surface area contributed by atoms with E-state index in [4.69, 9.17) is 5.73 Å². The highest BCUT2D eigenvalue weighted by molar-refractivity contribution is 5.81. The van der Waals surface area contributed by atoms with Gasteiger partial charge in [-0.25, -0.2) is 14.5 Å². The van der Waals surface area contributed by atoms with Crippen molar-refractivity contribution in [1.82, 2.24) is 19.6 Å². The quantitative estimate of drug-likeness (QED) is 0.740. The predicted octanol–water partition coefficient (Wildman–Crippen LogP) is 1.47. The maximum Gasteiger partial charge on any atom is 0.220 e.